The first-order chi connectivity index (χ1) is 14.0. The van der Waals surface area contributed by atoms with E-state index in [1.807, 2.05) is 48.2 Å². The Kier molecular flexibility index (Phi) is 5.49. The summed E-state index contributed by atoms with van der Waals surface area (Å²) in [6.45, 7) is 3.46. The molecule has 148 valence electrons. The SMILES string of the molecule is Cc1c(NC(=O)c2cnn(-c3ccc(Br)cc3)c2)cccc1C(=O)N1CCCC1. The van der Waals surface area contributed by atoms with Gasteiger partial charge in [-0.05, 0) is 61.7 Å². The number of halogens is 1. The predicted molar refractivity (Wildman–Crippen MR) is 116 cm³/mol. The van der Waals surface area contributed by atoms with Crippen molar-refractivity contribution in [2.75, 3.05) is 18.4 Å². The van der Waals surface area contributed by atoms with Gasteiger partial charge in [0.15, 0.2) is 0 Å². The molecule has 29 heavy (non-hydrogen) atoms. The molecule has 1 fully saturated rings. The minimum atomic E-state index is -0.262. The minimum Gasteiger partial charge on any atom is -0.339 e. The monoisotopic (exact) mass is 452 g/mol. The van der Waals surface area contributed by atoms with Gasteiger partial charge >= 0.3 is 0 Å². The lowest BCUT2D eigenvalue weighted by molar-refractivity contribution is 0.0791. The van der Waals surface area contributed by atoms with E-state index in [-0.39, 0.29) is 11.8 Å². The molecule has 0 radical (unpaired) electrons. The smallest absolute Gasteiger partial charge is 0.258 e. The first kappa shape index (κ1) is 19.4. The van der Waals surface area contributed by atoms with Gasteiger partial charge in [0.25, 0.3) is 11.8 Å². The van der Waals surface area contributed by atoms with Crippen LogP contribution >= 0.6 is 15.9 Å². The topological polar surface area (TPSA) is 67.2 Å². The van der Waals surface area contributed by atoms with Crippen molar-refractivity contribution in [1.29, 1.82) is 0 Å². The molecule has 0 unspecified atom stereocenters. The van der Waals surface area contributed by atoms with Crippen molar-refractivity contribution in [3.8, 4) is 5.69 Å². The Morgan fingerprint density at radius 1 is 1.07 bits per heavy atom. The van der Waals surface area contributed by atoms with Gasteiger partial charge < -0.3 is 10.2 Å². The van der Waals surface area contributed by atoms with E-state index in [0.29, 0.717) is 16.8 Å². The Balaban J connectivity index is 1.52. The van der Waals surface area contributed by atoms with Crippen LogP contribution in [-0.4, -0.2) is 39.6 Å². The molecule has 1 aromatic heterocycles. The Morgan fingerprint density at radius 2 is 1.79 bits per heavy atom. The van der Waals surface area contributed by atoms with E-state index in [1.165, 1.54) is 6.20 Å². The highest BCUT2D eigenvalue weighted by Crippen LogP contribution is 2.23. The third kappa shape index (κ3) is 4.10. The molecule has 7 heteroatoms. The molecule has 0 aliphatic carbocycles. The number of carbonyl (C=O) groups is 2. The van der Waals surface area contributed by atoms with E-state index in [2.05, 4.69) is 26.3 Å². The number of amides is 2. The number of hydrogen-bond donors (Lipinski definition) is 1. The number of benzene rings is 2. The zero-order chi connectivity index (χ0) is 20.4. The van der Waals surface area contributed by atoms with E-state index < -0.39 is 0 Å². The van der Waals surface area contributed by atoms with Gasteiger partial charge in [-0.1, -0.05) is 22.0 Å². The second-order valence-electron chi connectivity index (χ2n) is 7.08. The van der Waals surface area contributed by atoms with Gasteiger partial charge in [0.1, 0.15) is 0 Å². The van der Waals surface area contributed by atoms with E-state index in [4.69, 9.17) is 0 Å². The minimum absolute atomic E-state index is 0.0270. The first-order valence-corrected chi connectivity index (χ1v) is 10.3. The van der Waals surface area contributed by atoms with Gasteiger partial charge in [-0.2, -0.15) is 5.10 Å². The fourth-order valence-electron chi connectivity index (χ4n) is 3.46. The number of anilines is 1. The highest BCUT2D eigenvalue weighted by molar-refractivity contribution is 9.10. The van der Waals surface area contributed by atoms with E-state index >= 15 is 0 Å². The zero-order valence-electron chi connectivity index (χ0n) is 16.1. The molecule has 1 aliphatic rings. The number of hydrogen-bond acceptors (Lipinski definition) is 3. The number of aromatic nitrogens is 2. The lowest BCUT2D eigenvalue weighted by Crippen LogP contribution is -2.28. The largest absolute Gasteiger partial charge is 0.339 e. The molecule has 4 rings (SSSR count). The lowest BCUT2D eigenvalue weighted by atomic mass is 10.1. The molecule has 2 aromatic carbocycles. The maximum Gasteiger partial charge on any atom is 0.258 e. The summed E-state index contributed by atoms with van der Waals surface area (Å²) in [4.78, 5) is 27.4. The third-order valence-corrected chi connectivity index (χ3v) is 5.67. The summed E-state index contributed by atoms with van der Waals surface area (Å²) in [5.74, 6) is -0.235. The van der Waals surface area contributed by atoms with Crippen LogP contribution in [0.25, 0.3) is 5.69 Å². The molecular weight excluding hydrogens is 432 g/mol. The zero-order valence-corrected chi connectivity index (χ0v) is 17.6. The van der Waals surface area contributed by atoms with Gasteiger partial charge in [-0.25, -0.2) is 4.68 Å². The molecule has 3 aromatic rings. The van der Waals surface area contributed by atoms with E-state index in [1.54, 1.807) is 16.9 Å². The quantitative estimate of drug-likeness (QED) is 0.636. The Labute approximate surface area is 177 Å². The van der Waals surface area contributed by atoms with Crippen LogP contribution in [0, 0.1) is 6.92 Å². The molecule has 0 atom stereocenters. The molecular formula is C22H21BrN4O2. The molecule has 1 saturated heterocycles. The van der Waals surface area contributed by atoms with Gasteiger partial charge in [-0.15, -0.1) is 0 Å². The molecule has 0 saturated carbocycles. The summed E-state index contributed by atoms with van der Waals surface area (Å²) < 4.78 is 2.63. The second-order valence-corrected chi connectivity index (χ2v) is 8.00. The van der Waals surface area contributed by atoms with E-state index in [9.17, 15) is 9.59 Å². The summed E-state index contributed by atoms with van der Waals surface area (Å²) >= 11 is 3.41. The maximum absolute atomic E-state index is 12.8. The number of nitrogens with zero attached hydrogens (tertiary/aromatic N) is 3. The summed E-state index contributed by atoms with van der Waals surface area (Å²) in [6, 6.07) is 13.1. The second kappa shape index (κ2) is 8.21. The average molecular weight is 453 g/mol. The molecule has 0 spiro atoms. The highest BCUT2D eigenvalue weighted by atomic mass is 79.9. The maximum atomic E-state index is 12.8. The summed E-state index contributed by atoms with van der Waals surface area (Å²) in [6.07, 6.45) is 5.31. The molecule has 2 heterocycles. The Morgan fingerprint density at radius 3 is 2.52 bits per heavy atom. The fraction of sp³-hybridized carbons (Fsp3) is 0.227. The van der Waals surface area contributed by atoms with Crippen LogP contribution in [0.5, 0.6) is 0 Å². The van der Waals surface area contributed by atoms with Crippen molar-refractivity contribution in [2.45, 2.75) is 19.8 Å². The number of rotatable bonds is 4. The number of nitrogens with one attached hydrogen (secondary N) is 1. The number of carbonyl (C=O) groups excluding carboxylic acids is 2. The van der Waals surface area contributed by atoms with Gasteiger partial charge in [0.2, 0.25) is 0 Å². The van der Waals surface area contributed by atoms with Crippen molar-refractivity contribution in [3.05, 3.63) is 76.0 Å². The normalized spacial score (nSPS) is 13.5. The van der Waals surface area contributed by atoms with Crippen LogP contribution in [0.4, 0.5) is 5.69 Å². The third-order valence-electron chi connectivity index (χ3n) is 5.14. The van der Waals surface area contributed by atoms with Gasteiger partial charge in [0.05, 0.1) is 17.4 Å². The van der Waals surface area contributed by atoms with Gasteiger partial charge in [-0.3, -0.25) is 9.59 Å². The summed E-state index contributed by atoms with van der Waals surface area (Å²) in [5, 5.41) is 7.19. The van der Waals surface area contributed by atoms with Crippen LogP contribution in [-0.2, 0) is 0 Å². The molecule has 6 nitrogen and oxygen atoms in total. The number of likely N-dealkylation sites (tertiary alicyclic amines) is 1. The predicted octanol–water partition coefficient (Wildman–Crippen LogP) is 4.43. The molecule has 2 amide bonds. The van der Waals surface area contributed by atoms with Crippen LogP contribution in [0.1, 0.15) is 39.1 Å². The van der Waals surface area contributed by atoms with Crippen molar-refractivity contribution in [3.63, 3.8) is 0 Å². The average Bonchev–Trinajstić information content (AvgIpc) is 3.42. The molecule has 0 bridgehead atoms. The summed E-state index contributed by atoms with van der Waals surface area (Å²) in [5.41, 5.74) is 3.36. The fourth-order valence-corrected chi connectivity index (χ4v) is 3.73. The van der Waals surface area contributed by atoms with Crippen LogP contribution in [0.3, 0.4) is 0 Å². The van der Waals surface area contributed by atoms with Crippen molar-refractivity contribution >= 4 is 33.4 Å². The van der Waals surface area contributed by atoms with Crippen LogP contribution in [0.15, 0.2) is 59.3 Å². The molecule has 1 aliphatic heterocycles. The van der Waals surface area contributed by atoms with Crippen LogP contribution < -0.4 is 5.32 Å². The van der Waals surface area contributed by atoms with Gasteiger partial charge in [0, 0.05) is 35.0 Å². The Bertz CT molecular complexity index is 1050. The Hall–Kier alpha value is -2.93. The first-order valence-electron chi connectivity index (χ1n) is 9.54. The van der Waals surface area contributed by atoms with E-state index in [0.717, 1.165) is 41.7 Å². The van der Waals surface area contributed by atoms with Crippen LogP contribution in [0.2, 0.25) is 0 Å². The molecule has 1 N–H and O–H groups in total. The van der Waals surface area contributed by atoms with Crippen molar-refractivity contribution in [1.82, 2.24) is 14.7 Å². The standard InChI is InChI=1S/C22H21BrN4O2/c1-15-19(22(29)26-11-2-3-12-26)5-4-6-20(15)25-21(28)16-13-24-27(14-16)18-9-7-17(23)8-10-18/h4-10,13-14H,2-3,11-12H2,1H3,(H,25,28). The van der Waals surface area contributed by atoms with Crippen molar-refractivity contribution in [2.24, 2.45) is 0 Å². The lowest BCUT2D eigenvalue weighted by Gasteiger charge is -2.18. The highest BCUT2D eigenvalue weighted by Gasteiger charge is 2.22. The summed E-state index contributed by atoms with van der Waals surface area (Å²) in [7, 11) is 0. The van der Waals surface area contributed by atoms with Crippen molar-refractivity contribution < 1.29 is 9.59 Å².